The minimum atomic E-state index is -4.48. The fraction of sp³-hybridized carbons (Fsp3) is 0.625. The highest BCUT2D eigenvalue weighted by Gasteiger charge is 2.32. The van der Waals surface area contributed by atoms with Crippen LogP contribution in [-0.4, -0.2) is 32.1 Å². The van der Waals surface area contributed by atoms with Gasteiger partial charge in [0.2, 0.25) is 0 Å². The van der Waals surface area contributed by atoms with Gasteiger partial charge in [-0.3, -0.25) is 0 Å². The SMILES string of the molecule is Cc1cc([N+](=O)[O-])nn1CC(O)CC(F)(F)F. The molecule has 0 fully saturated rings. The highest BCUT2D eigenvalue weighted by molar-refractivity contribution is 5.20. The van der Waals surface area contributed by atoms with Gasteiger partial charge in [0.05, 0.1) is 35.9 Å². The van der Waals surface area contributed by atoms with Gasteiger partial charge in [0.1, 0.15) is 0 Å². The number of alkyl halides is 3. The van der Waals surface area contributed by atoms with Crippen molar-refractivity contribution in [2.75, 3.05) is 0 Å². The number of hydrogen-bond acceptors (Lipinski definition) is 4. The summed E-state index contributed by atoms with van der Waals surface area (Å²) in [7, 11) is 0. The average Bonchev–Trinajstić information content (AvgIpc) is 2.44. The number of nitrogens with zero attached hydrogens (tertiary/aromatic N) is 3. The predicted molar refractivity (Wildman–Crippen MR) is 50.3 cm³/mol. The van der Waals surface area contributed by atoms with Gasteiger partial charge in [0, 0.05) is 0 Å². The maximum Gasteiger partial charge on any atom is 0.391 e. The summed E-state index contributed by atoms with van der Waals surface area (Å²) in [4.78, 5) is 9.62. The third-order valence-electron chi connectivity index (χ3n) is 2.01. The van der Waals surface area contributed by atoms with Crippen LogP contribution < -0.4 is 0 Å². The van der Waals surface area contributed by atoms with Gasteiger partial charge in [-0.2, -0.15) is 17.9 Å². The molecule has 1 unspecified atom stereocenters. The molecule has 0 spiro atoms. The Morgan fingerprint density at radius 1 is 1.65 bits per heavy atom. The molecule has 6 nitrogen and oxygen atoms in total. The van der Waals surface area contributed by atoms with E-state index in [2.05, 4.69) is 5.10 Å². The Morgan fingerprint density at radius 3 is 2.65 bits per heavy atom. The first-order valence-corrected chi connectivity index (χ1v) is 4.62. The number of hydrogen-bond donors (Lipinski definition) is 1. The van der Waals surface area contributed by atoms with E-state index < -0.39 is 36.0 Å². The summed E-state index contributed by atoms with van der Waals surface area (Å²) in [6.45, 7) is 1.03. The van der Waals surface area contributed by atoms with Crippen LogP contribution in [0, 0.1) is 17.0 Å². The lowest BCUT2D eigenvalue weighted by Gasteiger charge is -2.11. The maximum atomic E-state index is 11.9. The molecule has 17 heavy (non-hydrogen) atoms. The van der Waals surface area contributed by atoms with E-state index >= 15 is 0 Å². The lowest BCUT2D eigenvalue weighted by Crippen LogP contribution is -2.24. The number of aliphatic hydroxyl groups excluding tert-OH is 1. The van der Waals surface area contributed by atoms with Crippen LogP contribution in [0.3, 0.4) is 0 Å². The van der Waals surface area contributed by atoms with Gasteiger partial charge in [0.25, 0.3) is 0 Å². The van der Waals surface area contributed by atoms with Crippen molar-refractivity contribution in [3.63, 3.8) is 0 Å². The Hall–Kier alpha value is -1.64. The Morgan fingerprint density at radius 2 is 2.24 bits per heavy atom. The fourth-order valence-corrected chi connectivity index (χ4v) is 1.30. The van der Waals surface area contributed by atoms with Crippen molar-refractivity contribution >= 4 is 5.82 Å². The zero-order valence-electron chi connectivity index (χ0n) is 8.81. The van der Waals surface area contributed by atoms with Crippen LogP contribution in [0.1, 0.15) is 12.1 Å². The molecule has 0 saturated heterocycles. The molecular formula is C8H10F3N3O3. The van der Waals surface area contributed by atoms with Gasteiger partial charge in [0.15, 0.2) is 0 Å². The fourth-order valence-electron chi connectivity index (χ4n) is 1.30. The van der Waals surface area contributed by atoms with Crippen molar-refractivity contribution in [1.82, 2.24) is 9.78 Å². The molecule has 1 atom stereocenters. The first-order valence-electron chi connectivity index (χ1n) is 4.62. The summed E-state index contributed by atoms with van der Waals surface area (Å²) in [5.41, 5.74) is 0.318. The Kier molecular flexibility index (Phi) is 3.71. The van der Waals surface area contributed by atoms with Crippen LogP contribution in [0.15, 0.2) is 6.07 Å². The van der Waals surface area contributed by atoms with Crippen molar-refractivity contribution in [2.24, 2.45) is 0 Å². The molecule has 0 aliphatic carbocycles. The Labute approximate surface area is 93.8 Å². The molecule has 1 heterocycles. The molecule has 9 heteroatoms. The van der Waals surface area contributed by atoms with Crippen LogP contribution in [0.4, 0.5) is 19.0 Å². The summed E-state index contributed by atoms with van der Waals surface area (Å²) in [6.07, 6.45) is -7.53. The first-order chi connectivity index (χ1) is 7.69. The first kappa shape index (κ1) is 13.4. The van der Waals surface area contributed by atoms with E-state index in [1.165, 1.54) is 6.92 Å². The summed E-state index contributed by atoms with van der Waals surface area (Å²) < 4.78 is 36.8. The third kappa shape index (κ3) is 4.02. The molecular weight excluding hydrogens is 243 g/mol. The normalized spacial score (nSPS) is 13.7. The Balaban J connectivity index is 2.71. The van der Waals surface area contributed by atoms with E-state index in [-0.39, 0.29) is 0 Å². The van der Waals surface area contributed by atoms with Gasteiger partial charge in [-0.25, -0.2) is 0 Å². The van der Waals surface area contributed by atoms with Crippen molar-refractivity contribution in [2.45, 2.75) is 32.2 Å². The zero-order chi connectivity index (χ0) is 13.2. The van der Waals surface area contributed by atoms with Crippen LogP contribution in [-0.2, 0) is 6.54 Å². The van der Waals surface area contributed by atoms with E-state index in [1.54, 1.807) is 0 Å². The topological polar surface area (TPSA) is 81.2 Å². The average molecular weight is 253 g/mol. The highest BCUT2D eigenvalue weighted by atomic mass is 19.4. The van der Waals surface area contributed by atoms with Gasteiger partial charge < -0.3 is 15.2 Å². The van der Waals surface area contributed by atoms with E-state index in [4.69, 9.17) is 5.11 Å². The minimum Gasteiger partial charge on any atom is -0.391 e. The van der Waals surface area contributed by atoms with Crippen molar-refractivity contribution < 1.29 is 23.2 Å². The number of aromatic nitrogens is 2. The lowest BCUT2D eigenvalue weighted by molar-refractivity contribution is -0.389. The van der Waals surface area contributed by atoms with Crippen molar-refractivity contribution in [3.8, 4) is 0 Å². The molecule has 0 aromatic carbocycles. The van der Waals surface area contributed by atoms with E-state index in [0.29, 0.717) is 5.69 Å². The molecule has 0 aliphatic heterocycles. The molecule has 1 aromatic rings. The van der Waals surface area contributed by atoms with Crippen molar-refractivity contribution in [1.29, 1.82) is 0 Å². The van der Waals surface area contributed by atoms with E-state index in [0.717, 1.165) is 10.7 Å². The minimum absolute atomic E-state index is 0.318. The summed E-state index contributed by atoms with van der Waals surface area (Å²) in [5, 5.41) is 23.0. The van der Waals surface area contributed by atoms with E-state index in [1.807, 2.05) is 0 Å². The molecule has 0 bridgehead atoms. The molecule has 0 radical (unpaired) electrons. The zero-order valence-corrected chi connectivity index (χ0v) is 8.81. The molecule has 0 amide bonds. The van der Waals surface area contributed by atoms with Gasteiger partial charge in [-0.05, 0) is 11.8 Å². The number of nitro groups is 1. The quantitative estimate of drug-likeness (QED) is 0.649. The molecule has 0 saturated carbocycles. The van der Waals surface area contributed by atoms with Crippen LogP contribution in [0.25, 0.3) is 0 Å². The molecule has 96 valence electrons. The lowest BCUT2D eigenvalue weighted by atomic mass is 10.2. The van der Waals surface area contributed by atoms with Gasteiger partial charge in [-0.1, -0.05) is 0 Å². The standard InChI is InChI=1S/C8H10F3N3O3/c1-5-2-7(14(16)17)12-13(5)4-6(15)3-8(9,10)11/h2,6,15H,3-4H2,1H3. The number of aliphatic hydroxyl groups is 1. The van der Waals surface area contributed by atoms with Gasteiger partial charge >= 0.3 is 12.0 Å². The molecule has 1 N–H and O–H groups in total. The third-order valence-corrected chi connectivity index (χ3v) is 2.01. The maximum absolute atomic E-state index is 11.9. The molecule has 0 aliphatic rings. The second-order valence-electron chi connectivity index (χ2n) is 3.56. The number of rotatable bonds is 4. The predicted octanol–water partition coefficient (Wildman–Crippen LogP) is 1.41. The molecule has 1 rings (SSSR count). The largest absolute Gasteiger partial charge is 0.391 e. The summed E-state index contributed by atoms with van der Waals surface area (Å²) in [6, 6.07) is 1.13. The van der Waals surface area contributed by atoms with Crippen LogP contribution in [0.5, 0.6) is 0 Å². The Bertz CT molecular complexity index is 416. The van der Waals surface area contributed by atoms with Crippen molar-refractivity contribution in [3.05, 3.63) is 21.9 Å². The number of aryl methyl sites for hydroxylation is 1. The summed E-state index contributed by atoms with van der Waals surface area (Å²) in [5.74, 6) is -0.457. The highest BCUT2D eigenvalue weighted by Crippen LogP contribution is 2.22. The number of halogens is 3. The molecule has 1 aromatic heterocycles. The second kappa shape index (κ2) is 4.70. The van der Waals surface area contributed by atoms with Gasteiger partial charge in [-0.15, -0.1) is 0 Å². The monoisotopic (exact) mass is 253 g/mol. The van der Waals surface area contributed by atoms with Crippen LogP contribution in [0.2, 0.25) is 0 Å². The summed E-state index contributed by atoms with van der Waals surface area (Å²) >= 11 is 0. The second-order valence-corrected chi connectivity index (χ2v) is 3.56. The van der Waals surface area contributed by atoms with E-state index in [9.17, 15) is 23.3 Å². The smallest absolute Gasteiger partial charge is 0.391 e. The van der Waals surface area contributed by atoms with Crippen LogP contribution >= 0.6 is 0 Å².